The molecule has 3 aromatic carbocycles. The molecule has 0 bridgehead atoms. The number of carbonyl (C=O) groups excluding carboxylic acids is 1. The Hall–Kier alpha value is -3.15. The maximum Gasteiger partial charge on any atom is 0.387 e. The Morgan fingerprint density at radius 2 is 1.63 bits per heavy atom. The first-order valence-electron chi connectivity index (χ1n) is 8.40. The number of hydrogen-bond acceptors (Lipinski definition) is 3. The van der Waals surface area contributed by atoms with Gasteiger partial charge in [0, 0.05) is 13.6 Å². The number of halogens is 2. The number of alkyl halides is 2. The third-order valence-corrected chi connectivity index (χ3v) is 4.08. The van der Waals surface area contributed by atoms with Gasteiger partial charge in [0.25, 0.3) is 5.91 Å². The van der Waals surface area contributed by atoms with Crippen LogP contribution in [-0.2, 0) is 11.3 Å². The molecule has 0 aliphatic heterocycles. The number of likely N-dealkylation sites (N-methyl/N-ethyl adjacent to an activating group) is 1. The molecule has 0 fully saturated rings. The number of hydrogen-bond donors (Lipinski definition) is 0. The topological polar surface area (TPSA) is 38.8 Å². The van der Waals surface area contributed by atoms with Crippen LogP contribution in [0.25, 0.3) is 10.8 Å². The first kappa shape index (κ1) is 18.6. The third-order valence-electron chi connectivity index (χ3n) is 4.08. The highest BCUT2D eigenvalue weighted by molar-refractivity contribution is 5.84. The molecule has 0 unspecified atom stereocenters. The van der Waals surface area contributed by atoms with Crippen LogP contribution < -0.4 is 9.47 Å². The van der Waals surface area contributed by atoms with E-state index in [0.29, 0.717) is 12.3 Å². The molecule has 0 radical (unpaired) electrons. The van der Waals surface area contributed by atoms with Crippen LogP contribution in [0.3, 0.4) is 0 Å². The number of fused-ring (bicyclic) bond motifs is 1. The van der Waals surface area contributed by atoms with Crippen molar-refractivity contribution in [3.63, 3.8) is 0 Å². The number of carbonyl (C=O) groups is 1. The average molecular weight is 371 g/mol. The molecule has 0 aliphatic rings. The number of ether oxygens (including phenoxy) is 2. The lowest BCUT2D eigenvalue weighted by Gasteiger charge is -2.18. The van der Waals surface area contributed by atoms with Gasteiger partial charge in [-0.1, -0.05) is 42.5 Å². The van der Waals surface area contributed by atoms with Crippen molar-refractivity contribution in [2.24, 2.45) is 0 Å². The summed E-state index contributed by atoms with van der Waals surface area (Å²) in [5.41, 5.74) is 0.804. The highest BCUT2D eigenvalue weighted by Crippen LogP contribution is 2.20. The molecule has 0 aromatic heterocycles. The highest BCUT2D eigenvalue weighted by atomic mass is 19.3. The molecular formula is C21H19F2NO3. The van der Waals surface area contributed by atoms with Gasteiger partial charge in [-0.05, 0) is 40.6 Å². The Kier molecular flexibility index (Phi) is 5.86. The van der Waals surface area contributed by atoms with Crippen molar-refractivity contribution in [3.8, 4) is 11.5 Å². The lowest BCUT2D eigenvalue weighted by molar-refractivity contribution is -0.132. The third kappa shape index (κ3) is 5.17. The van der Waals surface area contributed by atoms with E-state index in [0.717, 1.165) is 16.3 Å². The van der Waals surface area contributed by atoms with Crippen LogP contribution in [0.2, 0.25) is 0 Å². The molecule has 0 aliphatic carbocycles. The quantitative estimate of drug-likeness (QED) is 0.615. The second-order valence-electron chi connectivity index (χ2n) is 6.07. The molecule has 0 spiro atoms. The molecule has 140 valence electrons. The zero-order chi connectivity index (χ0) is 19.2. The number of nitrogens with zero attached hydrogens (tertiary/aromatic N) is 1. The van der Waals surface area contributed by atoms with Gasteiger partial charge in [0.05, 0.1) is 0 Å². The fraction of sp³-hybridized carbons (Fsp3) is 0.190. The molecule has 1 amide bonds. The summed E-state index contributed by atoms with van der Waals surface area (Å²) in [6, 6.07) is 19.8. The molecule has 0 saturated heterocycles. The maximum atomic E-state index is 12.3. The van der Waals surface area contributed by atoms with E-state index >= 15 is 0 Å². The summed E-state index contributed by atoms with van der Waals surface area (Å²) < 4.78 is 34.2. The van der Waals surface area contributed by atoms with E-state index < -0.39 is 6.61 Å². The zero-order valence-corrected chi connectivity index (χ0v) is 14.8. The van der Waals surface area contributed by atoms with E-state index in [1.54, 1.807) is 19.2 Å². The second-order valence-corrected chi connectivity index (χ2v) is 6.07. The summed E-state index contributed by atoms with van der Waals surface area (Å²) in [5.74, 6) is 0.530. The average Bonchev–Trinajstić information content (AvgIpc) is 2.67. The molecule has 0 saturated carbocycles. The largest absolute Gasteiger partial charge is 0.484 e. The normalized spacial score (nSPS) is 10.8. The standard InChI is InChI=1S/C21H19F2NO3/c1-24(13-15-6-9-18(10-7-15)27-21(22)23)20(25)14-26-19-11-8-16-4-2-3-5-17(16)12-19/h2-12,21H,13-14H2,1H3. The van der Waals surface area contributed by atoms with Gasteiger partial charge in [-0.2, -0.15) is 8.78 Å². The van der Waals surface area contributed by atoms with Gasteiger partial charge in [0.2, 0.25) is 0 Å². The van der Waals surface area contributed by atoms with Gasteiger partial charge in [-0.15, -0.1) is 0 Å². The molecule has 6 heteroatoms. The van der Waals surface area contributed by atoms with Crippen LogP contribution in [0, 0.1) is 0 Å². The summed E-state index contributed by atoms with van der Waals surface area (Å²) >= 11 is 0. The predicted molar refractivity (Wildman–Crippen MR) is 99.0 cm³/mol. The summed E-state index contributed by atoms with van der Waals surface area (Å²) in [6.07, 6.45) is 0. The van der Waals surface area contributed by atoms with Crippen molar-refractivity contribution in [2.45, 2.75) is 13.2 Å². The minimum absolute atomic E-state index is 0.0819. The lowest BCUT2D eigenvalue weighted by Crippen LogP contribution is -2.30. The monoisotopic (exact) mass is 371 g/mol. The molecule has 3 rings (SSSR count). The smallest absolute Gasteiger partial charge is 0.387 e. The number of rotatable bonds is 7. The lowest BCUT2D eigenvalue weighted by atomic mass is 10.1. The van der Waals surface area contributed by atoms with Crippen molar-refractivity contribution in [3.05, 3.63) is 72.3 Å². The SMILES string of the molecule is CN(Cc1ccc(OC(F)F)cc1)C(=O)COc1ccc2ccccc2c1. The van der Waals surface area contributed by atoms with Crippen molar-refractivity contribution >= 4 is 16.7 Å². The van der Waals surface area contributed by atoms with Crippen LogP contribution in [0.15, 0.2) is 66.7 Å². The van der Waals surface area contributed by atoms with Gasteiger partial charge in [0.1, 0.15) is 11.5 Å². The van der Waals surface area contributed by atoms with E-state index in [4.69, 9.17) is 4.74 Å². The van der Waals surface area contributed by atoms with Gasteiger partial charge in [-0.3, -0.25) is 4.79 Å². The summed E-state index contributed by atoms with van der Waals surface area (Å²) in [5, 5.41) is 2.15. The van der Waals surface area contributed by atoms with E-state index in [1.807, 2.05) is 42.5 Å². The molecule has 0 N–H and O–H groups in total. The molecule has 4 nitrogen and oxygen atoms in total. The van der Waals surface area contributed by atoms with E-state index in [-0.39, 0.29) is 18.3 Å². The summed E-state index contributed by atoms with van der Waals surface area (Å²) in [7, 11) is 1.66. The second kappa shape index (κ2) is 8.49. The van der Waals surface area contributed by atoms with E-state index in [1.165, 1.54) is 17.0 Å². The van der Waals surface area contributed by atoms with Crippen LogP contribution in [0.4, 0.5) is 8.78 Å². The van der Waals surface area contributed by atoms with Crippen molar-refractivity contribution < 1.29 is 23.0 Å². The molecule has 0 heterocycles. The molecule has 0 atom stereocenters. The van der Waals surface area contributed by atoms with Crippen molar-refractivity contribution in [1.29, 1.82) is 0 Å². The fourth-order valence-corrected chi connectivity index (χ4v) is 2.65. The molecule has 27 heavy (non-hydrogen) atoms. The van der Waals surface area contributed by atoms with Gasteiger partial charge >= 0.3 is 6.61 Å². The highest BCUT2D eigenvalue weighted by Gasteiger charge is 2.11. The van der Waals surface area contributed by atoms with Gasteiger partial charge in [0.15, 0.2) is 6.61 Å². The van der Waals surface area contributed by atoms with Crippen LogP contribution in [0.1, 0.15) is 5.56 Å². The van der Waals surface area contributed by atoms with Crippen molar-refractivity contribution in [1.82, 2.24) is 4.90 Å². The minimum Gasteiger partial charge on any atom is -0.484 e. The number of amides is 1. The number of benzene rings is 3. The first-order chi connectivity index (χ1) is 13.0. The van der Waals surface area contributed by atoms with E-state index in [2.05, 4.69) is 4.74 Å². The Balaban J connectivity index is 1.53. The summed E-state index contributed by atoms with van der Waals surface area (Å²) in [6.45, 7) is -2.59. The van der Waals surface area contributed by atoms with Crippen LogP contribution >= 0.6 is 0 Å². The van der Waals surface area contributed by atoms with Gasteiger partial charge in [-0.25, -0.2) is 0 Å². The van der Waals surface area contributed by atoms with Gasteiger partial charge < -0.3 is 14.4 Å². The maximum absolute atomic E-state index is 12.3. The molecular weight excluding hydrogens is 352 g/mol. The van der Waals surface area contributed by atoms with Crippen LogP contribution in [-0.4, -0.2) is 31.1 Å². The zero-order valence-electron chi connectivity index (χ0n) is 14.8. The fourth-order valence-electron chi connectivity index (χ4n) is 2.65. The first-order valence-corrected chi connectivity index (χ1v) is 8.40. The molecule has 3 aromatic rings. The Labute approximate surface area is 155 Å². The Morgan fingerprint density at radius 1 is 0.963 bits per heavy atom. The van der Waals surface area contributed by atoms with Crippen LogP contribution in [0.5, 0.6) is 11.5 Å². The Bertz CT molecular complexity index is 913. The van der Waals surface area contributed by atoms with Crippen molar-refractivity contribution in [2.75, 3.05) is 13.7 Å². The Morgan fingerprint density at radius 3 is 2.33 bits per heavy atom. The minimum atomic E-state index is -2.85. The predicted octanol–water partition coefficient (Wildman–Crippen LogP) is 4.48. The van der Waals surface area contributed by atoms with E-state index in [9.17, 15) is 13.6 Å². The summed E-state index contributed by atoms with van der Waals surface area (Å²) in [4.78, 5) is 13.8.